The number of rotatable bonds is 8. The Hall–Kier alpha value is -2.37. The van der Waals surface area contributed by atoms with Gasteiger partial charge in [-0.05, 0) is 50.3 Å². The van der Waals surface area contributed by atoms with Crippen molar-refractivity contribution in [1.29, 1.82) is 0 Å². The van der Waals surface area contributed by atoms with Crippen LogP contribution >= 0.6 is 11.8 Å². The van der Waals surface area contributed by atoms with Crippen molar-refractivity contribution in [2.45, 2.75) is 37.1 Å². The number of sulfonamides is 1. The van der Waals surface area contributed by atoms with Crippen LogP contribution in [0.1, 0.15) is 47.4 Å². The standard InChI is InChI=1S/C20H25N5O4S2/c1-14-17(31(27,28)24-9-5-6-10-24)13-16(29-14)20(26)21-15(8-12-30-2)19-23-22-18-7-3-4-11-25(18)19/h3-4,7,11,13,15H,5-6,8-10,12H2,1-2H3,(H,21,26). The van der Waals surface area contributed by atoms with Crippen molar-refractivity contribution in [3.05, 3.63) is 47.8 Å². The lowest BCUT2D eigenvalue weighted by Crippen LogP contribution is -2.30. The Morgan fingerprint density at radius 1 is 1.29 bits per heavy atom. The molecule has 1 unspecified atom stereocenters. The molecule has 0 spiro atoms. The monoisotopic (exact) mass is 463 g/mol. The normalized spacial score (nSPS) is 16.1. The summed E-state index contributed by atoms with van der Waals surface area (Å²) in [7, 11) is -3.67. The molecule has 4 heterocycles. The Labute approximate surface area is 185 Å². The van der Waals surface area contributed by atoms with E-state index in [9.17, 15) is 13.2 Å². The first-order valence-electron chi connectivity index (χ1n) is 10.1. The smallest absolute Gasteiger partial charge is 0.287 e. The number of thioether (sulfide) groups is 1. The topological polar surface area (TPSA) is 110 Å². The summed E-state index contributed by atoms with van der Waals surface area (Å²) in [5.41, 5.74) is 0.689. The molecule has 1 aliphatic rings. The molecule has 1 aliphatic heterocycles. The van der Waals surface area contributed by atoms with Gasteiger partial charge in [0.2, 0.25) is 10.0 Å². The molecule has 0 aliphatic carbocycles. The number of amides is 1. The highest BCUT2D eigenvalue weighted by Gasteiger charge is 2.32. The van der Waals surface area contributed by atoms with Gasteiger partial charge in [-0.25, -0.2) is 8.42 Å². The van der Waals surface area contributed by atoms with Crippen molar-refractivity contribution in [1.82, 2.24) is 24.2 Å². The fourth-order valence-corrected chi connectivity index (χ4v) is 5.88. The van der Waals surface area contributed by atoms with Crippen LogP contribution in [-0.4, -0.2) is 58.3 Å². The van der Waals surface area contributed by atoms with Crippen LogP contribution in [0.3, 0.4) is 0 Å². The van der Waals surface area contributed by atoms with E-state index in [1.54, 1.807) is 18.7 Å². The molecule has 0 saturated carbocycles. The first-order chi connectivity index (χ1) is 14.9. The predicted molar refractivity (Wildman–Crippen MR) is 118 cm³/mol. The number of aromatic nitrogens is 3. The van der Waals surface area contributed by atoms with Crippen molar-refractivity contribution in [3.8, 4) is 0 Å². The van der Waals surface area contributed by atoms with Crippen molar-refractivity contribution in [2.75, 3.05) is 25.1 Å². The summed E-state index contributed by atoms with van der Waals surface area (Å²) in [6, 6.07) is 6.51. The lowest BCUT2D eigenvalue weighted by Gasteiger charge is -2.16. The predicted octanol–water partition coefficient (Wildman–Crippen LogP) is 2.64. The molecule has 0 radical (unpaired) electrons. The number of furan rings is 1. The van der Waals surface area contributed by atoms with Gasteiger partial charge in [-0.3, -0.25) is 9.20 Å². The van der Waals surface area contributed by atoms with Crippen molar-refractivity contribution in [2.24, 2.45) is 0 Å². The molecule has 3 aromatic rings. The second-order valence-corrected chi connectivity index (χ2v) is 10.3. The minimum absolute atomic E-state index is 0.0294. The molecule has 9 nitrogen and oxygen atoms in total. The summed E-state index contributed by atoms with van der Waals surface area (Å²) >= 11 is 1.66. The fraction of sp³-hybridized carbons (Fsp3) is 0.450. The molecule has 3 aromatic heterocycles. The molecule has 166 valence electrons. The van der Waals surface area contributed by atoms with Crippen LogP contribution in [0.4, 0.5) is 0 Å². The molecule has 11 heteroatoms. The van der Waals surface area contributed by atoms with Crippen LogP contribution in [-0.2, 0) is 10.0 Å². The molecule has 1 atom stereocenters. The number of carbonyl (C=O) groups is 1. The SMILES string of the molecule is CSCCC(NC(=O)c1cc(S(=O)(=O)N2CCCC2)c(C)o1)c1nnc2ccccn12. The summed E-state index contributed by atoms with van der Waals surface area (Å²) < 4.78 is 34.6. The van der Waals surface area contributed by atoms with E-state index in [2.05, 4.69) is 15.5 Å². The first kappa shape index (κ1) is 21.8. The zero-order valence-corrected chi connectivity index (χ0v) is 19.1. The quantitative estimate of drug-likeness (QED) is 0.547. The summed E-state index contributed by atoms with van der Waals surface area (Å²) in [5.74, 6) is 1.12. The number of fused-ring (bicyclic) bond motifs is 1. The number of hydrogen-bond donors (Lipinski definition) is 1. The van der Waals surface area contributed by atoms with Crippen LogP contribution in [0, 0.1) is 6.92 Å². The average Bonchev–Trinajstić information content (AvgIpc) is 3.50. The highest BCUT2D eigenvalue weighted by molar-refractivity contribution is 7.98. The number of carbonyl (C=O) groups excluding carboxylic acids is 1. The van der Waals surface area contributed by atoms with E-state index in [1.165, 1.54) is 10.4 Å². The van der Waals surface area contributed by atoms with Gasteiger partial charge in [0.15, 0.2) is 17.2 Å². The van der Waals surface area contributed by atoms with Gasteiger partial charge in [-0.2, -0.15) is 16.1 Å². The number of nitrogens with zero attached hydrogens (tertiary/aromatic N) is 4. The lowest BCUT2D eigenvalue weighted by atomic mass is 10.2. The van der Waals surface area contributed by atoms with E-state index in [0.29, 0.717) is 31.0 Å². The summed E-state index contributed by atoms with van der Waals surface area (Å²) in [6.07, 6.45) is 6.16. The largest absolute Gasteiger partial charge is 0.455 e. The molecule has 1 fully saturated rings. The van der Waals surface area contributed by atoms with Crippen molar-refractivity contribution >= 4 is 33.3 Å². The van der Waals surface area contributed by atoms with E-state index < -0.39 is 22.0 Å². The van der Waals surface area contributed by atoms with Gasteiger partial charge in [-0.15, -0.1) is 10.2 Å². The van der Waals surface area contributed by atoms with Crippen LogP contribution < -0.4 is 5.32 Å². The van der Waals surface area contributed by atoms with Gasteiger partial charge in [0.1, 0.15) is 10.7 Å². The van der Waals surface area contributed by atoms with E-state index in [-0.39, 0.29) is 16.4 Å². The Balaban J connectivity index is 1.59. The van der Waals surface area contributed by atoms with Crippen LogP contribution in [0.2, 0.25) is 0 Å². The Morgan fingerprint density at radius 3 is 2.81 bits per heavy atom. The zero-order valence-electron chi connectivity index (χ0n) is 17.4. The van der Waals surface area contributed by atoms with E-state index in [4.69, 9.17) is 4.42 Å². The van der Waals surface area contributed by atoms with E-state index >= 15 is 0 Å². The number of pyridine rings is 1. The average molecular weight is 464 g/mol. The molecule has 4 rings (SSSR count). The summed E-state index contributed by atoms with van der Waals surface area (Å²) in [6.45, 7) is 2.55. The Bertz CT molecular complexity index is 1180. The molecule has 1 saturated heterocycles. The molecule has 0 bridgehead atoms. The maximum absolute atomic E-state index is 13.0. The van der Waals surface area contributed by atoms with Gasteiger partial charge < -0.3 is 9.73 Å². The van der Waals surface area contributed by atoms with Gasteiger partial charge in [0.25, 0.3) is 5.91 Å². The van der Waals surface area contributed by atoms with Crippen LogP contribution in [0.25, 0.3) is 5.65 Å². The fourth-order valence-electron chi connectivity index (χ4n) is 3.73. The van der Waals surface area contributed by atoms with Gasteiger partial charge in [-0.1, -0.05) is 6.07 Å². The van der Waals surface area contributed by atoms with Crippen LogP contribution in [0.15, 0.2) is 39.8 Å². The molecular weight excluding hydrogens is 438 g/mol. The number of aryl methyl sites for hydroxylation is 1. The third-order valence-corrected chi connectivity index (χ3v) is 8.00. The Kier molecular flexibility index (Phi) is 6.35. The minimum Gasteiger partial charge on any atom is -0.455 e. The lowest BCUT2D eigenvalue weighted by molar-refractivity contribution is 0.0904. The summed E-state index contributed by atoms with van der Waals surface area (Å²) in [5, 5.41) is 11.4. The van der Waals surface area contributed by atoms with Crippen molar-refractivity contribution < 1.29 is 17.6 Å². The molecule has 1 amide bonds. The van der Waals surface area contributed by atoms with Crippen molar-refractivity contribution in [3.63, 3.8) is 0 Å². The second-order valence-electron chi connectivity index (χ2n) is 7.44. The molecule has 0 aromatic carbocycles. The highest BCUT2D eigenvalue weighted by Crippen LogP contribution is 2.27. The van der Waals surface area contributed by atoms with E-state index in [1.807, 2.05) is 35.1 Å². The van der Waals surface area contributed by atoms with Gasteiger partial charge in [0.05, 0.1) is 6.04 Å². The number of nitrogens with one attached hydrogen (secondary N) is 1. The Morgan fingerprint density at radius 2 is 2.06 bits per heavy atom. The molecular formula is C20H25N5O4S2. The first-order valence-corrected chi connectivity index (χ1v) is 12.9. The third kappa shape index (κ3) is 4.35. The maximum atomic E-state index is 13.0. The minimum atomic E-state index is -3.67. The molecule has 31 heavy (non-hydrogen) atoms. The molecule has 1 N–H and O–H groups in total. The van der Waals surface area contributed by atoms with Crippen LogP contribution in [0.5, 0.6) is 0 Å². The highest BCUT2D eigenvalue weighted by atomic mass is 32.2. The third-order valence-electron chi connectivity index (χ3n) is 5.35. The van der Waals surface area contributed by atoms with Gasteiger partial charge in [0, 0.05) is 25.4 Å². The van der Waals surface area contributed by atoms with E-state index in [0.717, 1.165) is 18.6 Å². The summed E-state index contributed by atoms with van der Waals surface area (Å²) in [4.78, 5) is 13.0. The van der Waals surface area contributed by atoms with Gasteiger partial charge >= 0.3 is 0 Å². The second kappa shape index (κ2) is 9.01. The number of hydrogen-bond acceptors (Lipinski definition) is 7. The maximum Gasteiger partial charge on any atom is 0.287 e. The zero-order chi connectivity index (χ0) is 22.0.